The van der Waals surface area contributed by atoms with Crippen molar-refractivity contribution in [3.63, 3.8) is 0 Å². The van der Waals surface area contributed by atoms with Gasteiger partial charge < -0.3 is 29.5 Å². The molecule has 5 rings (SSSR count). The molecule has 5 aliphatic rings. The maximum atomic E-state index is 12.8. The van der Waals surface area contributed by atoms with Crippen LogP contribution in [0.5, 0.6) is 0 Å². The van der Waals surface area contributed by atoms with Crippen molar-refractivity contribution in [3.05, 3.63) is 11.6 Å². The lowest BCUT2D eigenvalue weighted by atomic mass is 9.48. The Morgan fingerprint density at radius 1 is 0.565 bits per heavy atom. The highest BCUT2D eigenvalue weighted by atomic mass is 16.7. The molecule has 1 saturated heterocycles. The van der Waals surface area contributed by atoms with Crippen LogP contribution in [0.25, 0.3) is 0 Å². The second kappa shape index (κ2) is 43.7. The monoisotopic (exact) mass is 1190 g/mol. The SMILES string of the molecule is CCCCCCCCCCCCCCCCCCCCCCCCCCCCCCCCCCCCCCCCCCC(=O)OC[C@H]1O[C@@H](O[C@H]2CC[C@@]3(C)C(=CC[C@@H]4[C@H]5C[C@H]([C@H](C)CC[C@@H](CC)C(C)C)C[C@@]5(C)CC[C@H]43)C2)[C@H](O)[C@@H](O)[C@@H]1O. The van der Waals surface area contributed by atoms with E-state index in [2.05, 4.69) is 54.5 Å². The van der Waals surface area contributed by atoms with Gasteiger partial charge in [0.15, 0.2) is 6.29 Å². The number of unbranched alkanes of at least 4 members (excludes halogenated alkanes) is 39. The molecule has 1 aliphatic heterocycles. The summed E-state index contributed by atoms with van der Waals surface area (Å²) in [5.74, 6) is 5.25. The van der Waals surface area contributed by atoms with Crippen LogP contribution >= 0.6 is 0 Å². The molecule has 0 aromatic carbocycles. The van der Waals surface area contributed by atoms with Crippen molar-refractivity contribution in [2.45, 2.75) is 419 Å². The summed E-state index contributed by atoms with van der Waals surface area (Å²) in [5.41, 5.74) is 2.14. The lowest BCUT2D eigenvalue weighted by molar-refractivity contribution is -0.313. The average molecular weight is 1190 g/mol. The maximum absolute atomic E-state index is 12.8. The molecule has 0 spiro atoms. The molecule has 7 heteroatoms. The number of rotatable bonds is 51. The van der Waals surface area contributed by atoms with Gasteiger partial charge in [0.2, 0.25) is 0 Å². The Labute approximate surface area is 527 Å². The molecule has 14 atom stereocenters. The Morgan fingerprint density at radius 3 is 1.45 bits per heavy atom. The highest BCUT2D eigenvalue weighted by Gasteiger charge is 2.58. The number of hydrogen-bond donors (Lipinski definition) is 3. The highest BCUT2D eigenvalue weighted by molar-refractivity contribution is 5.69. The Hall–Kier alpha value is -0.990. The smallest absolute Gasteiger partial charge is 0.305 e. The molecule has 0 radical (unpaired) electrons. The fraction of sp³-hybridized carbons (Fsp3) is 0.962. The second-order valence-electron chi connectivity index (χ2n) is 30.9. The third-order valence-electron chi connectivity index (χ3n) is 23.8. The average Bonchev–Trinajstić information content (AvgIpc) is 1.83. The number of hydrogen-bond acceptors (Lipinski definition) is 7. The number of aliphatic hydroxyl groups excluding tert-OH is 3. The zero-order chi connectivity index (χ0) is 61.0. The predicted molar refractivity (Wildman–Crippen MR) is 360 cm³/mol. The van der Waals surface area contributed by atoms with E-state index in [1.807, 2.05) is 0 Å². The molecule has 0 aromatic heterocycles. The van der Waals surface area contributed by atoms with Gasteiger partial charge in [0.25, 0.3) is 0 Å². The number of carbonyl (C=O) groups is 1. The maximum Gasteiger partial charge on any atom is 0.305 e. The number of fused-ring (bicyclic) bond motifs is 5. The summed E-state index contributed by atoms with van der Waals surface area (Å²) in [5, 5.41) is 32.8. The van der Waals surface area contributed by atoms with Crippen LogP contribution in [0.2, 0.25) is 0 Å². The zero-order valence-electron chi connectivity index (χ0n) is 57.5. The molecule has 85 heavy (non-hydrogen) atoms. The molecule has 4 aliphatic carbocycles. The molecule has 3 saturated carbocycles. The first-order valence-electron chi connectivity index (χ1n) is 38.5. The van der Waals surface area contributed by atoms with Crippen molar-refractivity contribution in [2.24, 2.45) is 52.3 Å². The van der Waals surface area contributed by atoms with E-state index < -0.39 is 30.7 Å². The van der Waals surface area contributed by atoms with Gasteiger partial charge in [0.05, 0.1) is 6.10 Å². The quantitative estimate of drug-likeness (QED) is 0.0317. The topological polar surface area (TPSA) is 105 Å². The summed E-state index contributed by atoms with van der Waals surface area (Å²) in [4.78, 5) is 12.8. The molecular formula is C78H144O7. The summed E-state index contributed by atoms with van der Waals surface area (Å²) in [6, 6.07) is 0. The lowest BCUT2D eigenvalue weighted by Crippen LogP contribution is -2.60. The molecule has 3 N–H and O–H groups in total. The number of allylic oxidation sites excluding steroid dienone is 1. The highest BCUT2D eigenvalue weighted by Crippen LogP contribution is 2.66. The van der Waals surface area contributed by atoms with Crippen molar-refractivity contribution in [1.82, 2.24) is 0 Å². The van der Waals surface area contributed by atoms with E-state index in [0.29, 0.717) is 17.8 Å². The summed E-state index contributed by atoms with van der Waals surface area (Å²) >= 11 is 0. The fourth-order valence-corrected chi connectivity index (χ4v) is 17.7. The normalized spacial score (nSPS) is 29.1. The van der Waals surface area contributed by atoms with Crippen molar-refractivity contribution in [1.29, 1.82) is 0 Å². The molecule has 498 valence electrons. The Bertz CT molecular complexity index is 1700. The molecular weight excluding hydrogens is 1050 g/mol. The van der Waals surface area contributed by atoms with Gasteiger partial charge in [-0.3, -0.25) is 4.79 Å². The number of carbonyl (C=O) groups excluding carboxylic acids is 1. The summed E-state index contributed by atoms with van der Waals surface area (Å²) in [6.07, 6.45) is 65.9. The van der Waals surface area contributed by atoms with E-state index in [9.17, 15) is 20.1 Å². The third-order valence-corrected chi connectivity index (χ3v) is 23.8. The fourth-order valence-electron chi connectivity index (χ4n) is 17.7. The van der Waals surface area contributed by atoms with Gasteiger partial charge in [0, 0.05) is 6.42 Å². The first-order chi connectivity index (χ1) is 41.3. The van der Waals surface area contributed by atoms with Crippen molar-refractivity contribution < 1.29 is 34.3 Å². The standard InChI is InChI=1S/C78H144O7/c1-8-10-11-12-13-14-15-16-17-18-19-20-21-22-23-24-25-26-27-28-29-30-31-32-33-34-35-36-37-38-39-40-41-42-43-44-45-46-47-48-49-72(79)83-61-71-73(80)74(81)75(82)76(85-71)84-67-54-57-78(7)66(59-67)52-53-68-69(78)55-56-77(6)60-65(58-70(68)77)63(5)50-51-64(9-2)62(3)4/h52,62-65,67-71,73-76,80-82H,8-51,53-61H2,1-7H3/t63-,64-,65+,67+,68+,69-,70-,71-,73-,74+,75-,76-,77-,78+/m1/s1. The van der Waals surface area contributed by atoms with Crippen LogP contribution in [0, 0.1) is 52.3 Å². The molecule has 0 unspecified atom stereocenters. The molecule has 0 bridgehead atoms. The molecule has 4 fully saturated rings. The first-order valence-corrected chi connectivity index (χ1v) is 38.5. The van der Waals surface area contributed by atoms with Gasteiger partial charge >= 0.3 is 5.97 Å². The zero-order valence-corrected chi connectivity index (χ0v) is 57.5. The van der Waals surface area contributed by atoms with Crippen LogP contribution in [0.3, 0.4) is 0 Å². The van der Waals surface area contributed by atoms with E-state index in [0.717, 1.165) is 80.5 Å². The minimum Gasteiger partial charge on any atom is -0.463 e. The van der Waals surface area contributed by atoms with Gasteiger partial charge in [-0.05, 0) is 116 Å². The van der Waals surface area contributed by atoms with Crippen LogP contribution in [-0.4, -0.2) is 64.7 Å². The van der Waals surface area contributed by atoms with Crippen LogP contribution in [-0.2, 0) is 19.0 Å². The van der Waals surface area contributed by atoms with E-state index in [1.54, 1.807) is 0 Å². The lowest BCUT2D eigenvalue weighted by Gasteiger charge is -2.57. The van der Waals surface area contributed by atoms with Gasteiger partial charge in [-0.1, -0.05) is 323 Å². The largest absolute Gasteiger partial charge is 0.463 e. The van der Waals surface area contributed by atoms with Crippen molar-refractivity contribution >= 4 is 5.97 Å². The predicted octanol–water partition coefficient (Wildman–Crippen LogP) is 22.4. The molecule has 0 aromatic rings. The summed E-state index contributed by atoms with van der Waals surface area (Å²) in [6.45, 7) is 17.1. The second-order valence-corrected chi connectivity index (χ2v) is 30.9. The Kier molecular flexibility index (Phi) is 38.4. The first kappa shape index (κ1) is 74.7. The van der Waals surface area contributed by atoms with Crippen LogP contribution < -0.4 is 0 Å². The minimum absolute atomic E-state index is 0.142. The third kappa shape index (κ3) is 27.4. The minimum atomic E-state index is -1.44. The van der Waals surface area contributed by atoms with Crippen LogP contribution in [0.15, 0.2) is 11.6 Å². The Balaban J connectivity index is 0.774. The summed E-state index contributed by atoms with van der Waals surface area (Å²) in [7, 11) is 0. The van der Waals surface area contributed by atoms with Gasteiger partial charge in [-0.15, -0.1) is 0 Å². The van der Waals surface area contributed by atoms with E-state index in [4.69, 9.17) is 14.2 Å². The molecule has 0 amide bonds. The van der Waals surface area contributed by atoms with Crippen molar-refractivity contribution in [2.75, 3.05) is 6.61 Å². The van der Waals surface area contributed by atoms with E-state index in [1.165, 1.54) is 288 Å². The van der Waals surface area contributed by atoms with E-state index in [-0.39, 0.29) is 24.1 Å². The van der Waals surface area contributed by atoms with Crippen LogP contribution in [0.1, 0.15) is 382 Å². The number of aliphatic hydroxyl groups is 3. The van der Waals surface area contributed by atoms with Crippen molar-refractivity contribution in [3.8, 4) is 0 Å². The van der Waals surface area contributed by atoms with Gasteiger partial charge in [-0.2, -0.15) is 0 Å². The molecule has 7 nitrogen and oxygen atoms in total. The van der Waals surface area contributed by atoms with E-state index >= 15 is 0 Å². The number of ether oxygens (including phenoxy) is 3. The van der Waals surface area contributed by atoms with Crippen LogP contribution in [0.4, 0.5) is 0 Å². The summed E-state index contributed by atoms with van der Waals surface area (Å²) < 4.78 is 18.2. The van der Waals surface area contributed by atoms with Gasteiger partial charge in [-0.25, -0.2) is 0 Å². The van der Waals surface area contributed by atoms with Gasteiger partial charge in [0.1, 0.15) is 31.0 Å². The molecule has 1 heterocycles. The Morgan fingerprint density at radius 2 is 1.01 bits per heavy atom. The number of esters is 1.